The lowest BCUT2D eigenvalue weighted by atomic mass is 9.76. The second-order valence-electron chi connectivity index (χ2n) is 5.10. The van der Waals surface area contributed by atoms with E-state index in [4.69, 9.17) is 14.3 Å². The molecule has 0 fully saturated rings. The van der Waals surface area contributed by atoms with Gasteiger partial charge in [-0.2, -0.15) is 0 Å². The molecule has 0 spiro atoms. The van der Waals surface area contributed by atoms with Crippen molar-refractivity contribution < 1.29 is 18.9 Å². The van der Waals surface area contributed by atoms with Gasteiger partial charge in [-0.1, -0.05) is 46.5 Å². The smallest absolute Gasteiger partial charge is 0.303 e. The minimum Gasteiger partial charge on any atom is -0.303 e. The maximum atomic E-state index is 10.9. The van der Waals surface area contributed by atoms with Gasteiger partial charge in [-0.15, -0.1) is 0 Å². The van der Waals surface area contributed by atoms with Gasteiger partial charge in [0, 0.05) is 0 Å². The Balaban J connectivity index is 4.58. The van der Waals surface area contributed by atoms with Crippen molar-refractivity contribution in [3.05, 3.63) is 0 Å². The van der Waals surface area contributed by atoms with E-state index in [0.29, 0.717) is 0 Å². The van der Waals surface area contributed by atoms with Crippen molar-refractivity contribution in [1.82, 2.24) is 0 Å². The number of phosphoric acid groups is 1. The van der Waals surface area contributed by atoms with E-state index in [1.54, 1.807) is 6.92 Å². The summed E-state index contributed by atoms with van der Waals surface area (Å²) >= 11 is 0. The highest BCUT2D eigenvalue weighted by Gasteiger charge is 2.34. The third-order valence-corrected chi connectivity index (χ3v) is 4.07. The molecule has 104 valence electrons. The highest BCUT2D eigenvalue weighted by Crippen LogP contribution is 2.45. The van der Waals surface area contributed by atoms with E-state index in [1.165, 1.54) is 0 Å². The van der Waals surface area contributed by atoms with Gasteiger partial charge in [-0.05, 0) is 25.2 Å². The van der Waals surface area contributed by atoms with E-state index in [-0.39, 0.29) is 5.41 Å². The molecule has 1 unspecified atom stereocenters. The van der Waals surface area contributed by atoms with Crippen LogP contribution in [0.3, 0.4) is 0 Å². The fraction of sp³-hybridized carbons (Fsp3) is 1.00. The van der Waals surface area contributed by atoms with Gasteiger partial charge in [0.1, 0.15) is 0 Å². The lowest BCUT2D eigenvalue weighted by Gasteiger charge is -2.35. The maximum Gasteiger partial charge on any atom is 0.469 e. The number of unbranched alkanes of at least 4 members (excludes halogenated alkanes) is 2. The van der Waals surface area contributed by atoms with Crippen LogP contribution in [0.5, 0.6) is 0 Å². The predicted molar refractivity (Wildman–Crippen MR) is 69.7 cm³/mol. The van der Waals surface area contributed by atoms with Gasteiger partial charge in [0.25, 0.3) is 0 Å². The van der Waals surface area contributed by atoms with Gasteiger partial charge in [0.15, 0.2) is 0 Å². The Labute approximate surface area is 105 Å². The molecule has 0 bridgehead atoms. The molecule has 0 amide bonds. The Morgan fingerprint density at radius 2 is 1.59 bits per heavy atom. The summed E-state index contributed by atoms with van der Waals surface area (Å²) in [6.07, 6.45) is 5.79. The summed E-state index contributed by atoms with van der Waals surface area (Å²) in [7, 11) is -4.38. The van der Waals surface area contributed by atoms with Crippen LogP contribution in [0.25, 0.3) is 0 Å². The van der Waals surface area contributed by atoms with Gasteiger partial charge in [0.2, 0.25) is 0 Å². The molecule has 0 aromatic rings. The lowest BCUT2D eigenvalue weighted by molar-refractivity contribution is 0.0304. The first-order valence-corrected chi connectivity index (χ1v) is 8.02. The summed E-state index contributed by atoms with van der Waals surface area (Å²) in [4.78, 5) is 17.8. The van der Waals surface area contributed by atoms with Gasteiger partial charge in [-0.3, -0.25) is 4.52 Å². The first-order valence-electron chi connectivity index (χ1n) is 6.49. The summed E-state index contributed by atoms with van der Waals surface area (Å²) in [5.41, 5.74) is -0.146. The van der Waals surface area contributed by atoms with Crippen LogP contribution in [-0.4, -0.2) is 15.9 Å². The standard InChI is InChI=1S/C12H27O4P/c1-5-7-9-12(4,10-8-6-2)11(3)16-17(13,14)15/h11H,5-10H2,1-4H3,(H2,13,14,15). The molecule has 0 aromatic carbocycles. The molecule has 0 aromatic heterocycles. The van der Waals surface area contributed by atoms with Crippen LogP contribution in [0.4, 0.5) is 0 Å². The molecule has 5 heteroatoms. The summed E-state index contributed by atoms with van der Waals surface area (Å²) in [6.45, 7) is 8.08. The molecule has 0 aliphatic carbocycles. The number of hydrogen-bond donors (Lipinski definition) is 2. The SMILES string of the molecule is CCCCC(C)(CCCC)C(C)OP(=O)(O)O. The van der Waals surface area contributed by atoms with Crippen LogP contribution in [0.1, 0.15) is 66.2 Å². The maximum absolute atomic E-state index is 10.9. The number of rotatable bonds is 9. The minimum absolute atomic E-state index is 0.146. The fourth-order valence-electron chi connectivity index (χ4n) is 2.03. The molecule has 0 saturated carbocycles. The van der Waals surface area contributed by atoms with Crippen LogP contribution in [0.15, 0.2) is 0 Å². The zero-order valence-electron chi connectivity index (χ0n) is 11.5. The third kappa shape index (κ3) is 7.20. The second-order valence-corrected chi connectivity index (χ2v) is 6.29. The Hall–Kier alpha value is 0.110. The highest BCUT2D eigenvalue weighted by molar-refractivity contribution is 7.46. The molecule has 1 atom stereocenters. The van der Waals surface area contributed by atoms with E-state index in [9.17, 15) is 4.57 Å². The van der Waals surface area contributed by atoms with Crippen LogP contribution < -0.4 is 0 Å². The minimum atomic E-state index is -4.38. The van der Waals surface area contributed by atoms with Crippen molar-refractivity contribution in [2.45, 2.75) is 72.3 Å². The molecule has 2 N–H and O–H groups in total. The Kier molecular flexibility index (Phi) is 7.57. The molecular weight excluding hydrogens is 239 g/mol. The number of hydrogen-bond acceptors (Lipinski definition) is 2. The molecule has 0 heterocycles. The monoisotopic (exact) mass is 266 g/mol. The molecule has 0 saturated heterocycles. The molecule has 4 nitrogen and oxygen atoms in total. The molecule has 0 radical (unpaired) electrons. The van der Waals surface area contributed by atoms with Crippen LogP contribution in [-0.2, 0) is 9.09 Å². The van der Waals surface area contributed by atoms with Gasteiger partial charge >= 0.3 is 7.82 Å². The van der Waals surface area contributed by atoms with Crippen molar-refractivity contribution in [1.29, 1.82) is 0 Å². The lowest BCUT2D eigenvalue weighted by Crippen LogP contribution is -2.31. The Bertz CT molecular complexity index is 241. The van der Waals surface area contributed by atoms with E-state index in [1.807, 2.05) is 0 Å². The van der Waals surface area contributed by atoms with E-state index in [2.05, 4.69) is 20.8 Å². The van der Waals surface area contributed by atoms with Gasteiger partial charge < -0.3 is 9.79 Å². The highest BCUT2D eigenvalue weighted by atomic mass is 31.2. The normalized spacial score (nSPS) is 14.9. The summed E-state index contributed by atoms with van der Waals surface area (Å²) in [5.74, 6) is 0. The molecule has 0 aliphatic heterocycles. The van der Waals surface area contributed by atoms with E-state index >= 15 is 0 Å². The molecule has 0 aliphatic rings. The predicted octanol–water partition coefficient (Wildman–Crippen LogP) is 3.87. The molecular formula is C12H27O4P. The Morgan fingerprint density at radius 1 is 1.18 bits per heavy atom. The van der Waals surface area contributed by atoms with Crippen molar-refractivity contribution in [3.63, 3.8) is 0 Å². The van der Waals surface area contributed by atoms with Crippen molar-refractivity contribution in [2.75, 3.05) is 0 Å². The summed E-state index contributed by atoms with van der Waals surface area (Å²) in [6, 6.07) is 0. The van der Waals surface area contributed by atoms with Crippen molar-refractivity contribution in [2.24, 2.45) is 5.41 Å². The summed E-state index contributed by atoms with van der Waals surface area (Å²) < 4.78 is 15.8. The largest absolute Gasteiger partial charge is 0.469 e. The van der Waals surface area contributed by atoms with Gasteiger partial charge in [-0.25, -0.2) is 4.57 Å². The fourth-order valence-corrected chi connectivity index (χ4v) is 2.69. The zero-order chi connectivity index (χ0) is 13.5. The first kappa shape index (κ1) is 17.1. The van der Waals surface area contributed by atoms with Gasteiger partial charge in [0.05, 0.1) is 6.10 Å². The molecule has 17 heavy (non-hydrogen) atoms. The van der Waals surface area contributed by atoms with Crippen LogP contribution in [0.2, 0.25) is 0 Å². The summed E-state index contributed by atoms with van der Waals surface area (Å²) in [5, 5.41) is 0. The molecule has 0 rings (SSSR count). The van der Waals surface area contributed by atoms with E-state index in [0.717, 1.165) is 38.5 Å². The van der Waals surface area contributed by atoms with E-state index < -0.39 is 13.9 Å². The van der Waals surface area contributed by atoms with Crippen molar-refractivity contribution in [3.8, 4) is 0 Å². The zero-order valence-corrected chi connectivity index (χ0v) is 12.4. The van der Waals surface area contributed by atoms with Crippen LogP contribution in [0, 0.1) is 5.41 Å². The Morgan fingerprint density at radius 3 is 1.88 bits per heavy atom. The third-order valence-electron chi connectivity index (χ3n) is 3.48. The topological polar surface area (TPSA) is 66.8 Å². The average molecular weight is 266 g/mol. The average Bonchev–Trinajstić information content (AvgIpc) is 2.21. The second kappa shape index (κ2) is 7.52. The van der Waals surface area contributed by atoms with Crippen LogP contribution >= 0.6 is 7.82 Å². The first-order chi connectivity index (χ1) is 7.75. The quantitative estimate of drug-likeness (QED) is 0.622. The number of phosphoric ester groups is 1. The van der Waals surface area contributed by atoms with Crippen molar-refractivity contribution >= 4 is 7.82 Å².